The molecule has 72 valence electrons. The fraction of sp³-hybridized carbons (Fsp3) is 0.750. The Kier molecular flexibility index (Phi) is 2.82. The standard InChI is InChI=1S/C12H18O/c13-12-9-3-1-2-6-10-7-4-5-8-11(10)12/h4,7,10-11H,1-3,5-6,8-9H2/t10-,11-/m0/s1. The molecule has 0 heterocycles. The third-order valence-corrected chi connectivity index (χ3v) is 3.42. The van der Waals surface area contributed by atoms with Crippen LogP contribution in [0.4, 0.5) is 0 Å². The molecular weight excluding hydrogens is 160 g/mol. The van der Waals surface area contributed by atoms with Crippen LogP contribution in [0.1, 0.15) is 44.9 Å². The molecule has 0 amide bonds. The highest BCUT2D eigenvalue weighted by Crippen LogP contribution is 2.32. The quantitative estimate of drug-likeness (QED) is 0.521. The molecule has 0 bridgehead atoms. The van der Waals surface area contributed by atoms with Crippen LogP contribution in [0.5, 0.6) is 0 Å². The molecule has 1 nitrogen and oxygen atoms in total. The molecule has 0 aromatic carbocycles. The van der Waals surface area contributed by atoms with Crippen molar-refractivity contribution in [2.45, 2.75) is 44.9 Å². The molecule has 0 spiro atoms. The zero-order chi connectivity index (χ0) is 9.10. The average Bonchev–Trinajstić information content (AvgIpc) is 2.14. The molecule has 2 aliphatic carbocycles. The SMILES string of the molecule is O=C1CCCCC[C@H]2C=CCC[C@H]12. The van der Waals surface area contributed by atoms with Crippen molar-refractivity contribution >= 4 is 5.78 Å². The Hall–Kier alpha value is -0.590. The highest BCUT2D eigenvalue weighted by atomic mass is 16.1. The molecule has 1 heteroatoms. The molecule has 0 saturated heterocycles. The molecule has 1 fully saturated rings. The van der Waals surface area contributed by atoms with Gasteiger partial charge in [-0.05, 0) is 31.6 Å². The van der Waals surface area contributed by atoms with E-state index >= 15 is 0 Å². The molecular formula is C12H18O. The summed E-state index contributed by atoms with van der Waals surface area (Å²) in [5.41, 5.74) is 0. The van der Waals surface area contributed by atoms with Crippen molar-refractivity contribution in [1.29, 1.82) is 0 Å². The summed E-state index contributed by atoms with van der Waals surface area (Å²) in [6, 6.07) is 0. The van der Waals surface area contributed by atoms with Crippen LogP contribution in [0.25, 0.3) is 0 Å². The Labute approximate surface area is 80.2 Å². The van der Waals surface area contributed by atoms with Crippen molar-refractivity contribution in [3.63, 3.8) is 0 Å². The minimum Gasteiger partial charge on any atom is -0.299 e. The fourth-order valence-corrected chi connectivity index (χ4v) is 2.63. The van der Waals surface area contributed by atoms with Gasteiger partial charge in [0.05, 0.1) is 0 Å². The lowest BCUT2D eigenvalue weighted by molar-refractivity contribution is -0.124. The van der Waals surface area contributed by atoms with Gasteiger partial charge in [-0.1, -0.05) is 25.0 Å². The molecule has 2 rings (SSSR count). The third-order valence-electron chi connectivity index (χ3n) is 3.42. The van der Waals surface area contributed by atoms with Gasteiger partial charge in [-0.2, -0.15) is 0 Å². The number of fused-ring (bicyclic) bond motifs is 1. The number of Topliss-reactive ketones (excluding diaryl/α,β-unsaturated/α-hetero) is 1. The highest BCUT2D eigenvalue weighted by molar-refractivity contribution is 5.81. The van der Waals surface area contributed by atoms with Gasteiger partial charge < -0.3 is 0 Å². The Morgan fingerprint density at radius 1 is 1.15 bits per heavy atom. The second-order valence-electron chi connectivity index (χ2n) is 4.34. The van der Waals surface area contributed by atoms with Gasteiger partial charge >= 0.3 is 0 Å². The van der Waals surface area contributed by atoms with Crippen LogP contribution in [-0.4, -0.2) is 5.78 Å². The lowest BCUT2D eigenvalue weighted by Gasteiger charge is -2.28. The van der Waals surface area contributed by atoms with Gasteiger partial charge in [0.2, 0.25) is 0 Å². The molecule has 0 aromatic rings. The highest BCUT2D eigenvalue weighted by Gasteiger charge is 2.28. The largest absolute Gasteiger partial charge is 0.299 e. The van der Waals surface area contributed by atoms with E-state index in [1.54, 1.807) is 0 Å². The van der Waals surface area contributed by atoms with E-state index in [2.05, 4.69) is 12.2 Å². The lowest BCUT2D eigenvalue weighted by Crippen LogP contribution is -2.26. The first-order valence-electron chi connectivity index (χ1n) is 5.57. The second kappa shape index (κ2) is 4.08. The van der Waals surface area contributed by atoms with Crippen LogP contribution in [-0.2, 0) is 4.79 Å². The van der Waals surface area contributed by atoms with Crippen molar-refractivity contribution < 1.29 is 4.79 Å². The number of carbonyl (C=O) groups is 1. The Morgan fingerprint density at radius 3 is 3.00 bits per heavy atom. The van der Waals surface area contributed by atoms with Crippen molar-refractivity contribution in [2.75, 3.05) is 0 Å². The van der Waals surface area contributed by atoms with E-state index in [4.69, 9.17) is 0 Å². The maximum absolute atomic E-state index is 11.8. The summed E-state index contributed by atoms with van der Waals surface area (Å²) in [4.78, 5) is 11.8. The van der Waals surface area contributed by atoms with E-state index in [9.17, 15) is 4.79 Å². The predicted octanol–water partition coefficient (Wildman–Crippen LogP) is 3.10. The third kappa shape index (κ3) is 2.01. The van der Waals surface area contributed by atoms with Crippen LogP contribution in [0.2, 0.25) is 0 Å². The lowest BCUT2D eigenvalue weighted by atomic mass is 9.76. The molecule has 2 atom stereocenters. The number of allylic oxidation sites excluding steroid dienone is 2. The monoisotopic (exact) mass is 178 g/mol. The molecule has 1 saturated carbocycles. The Balaban J connectivity index is 2.09. The Morgan fingerprint density at radius 2 is 2.08 bits per heavy atom. The van der Waals surface area contributed by atoms with Gasteiger partial charge in [0.15, 0.2) is 0 Å². The minimum absolute atomic E-state index is 0.380. The zero-order valence-electron chi connectivity index (χ0n) is 8.17. The van der Waals surface area contributed by atoms with E-state index in [-0.39, 0.29) is 0 Å². The van der Waals surface area contributed by atoms with Crippen molar-refractivity contribution in [3.05, 3.63) is 12.2 Å². The van der Waals surface area contributed by atoms with Gasteiger partial charge in [0.1, 0.15) is 5.78 Å². The van der Waals surface area contributed by atoms with E-state index in [0.717, 1.165) is 25.7 Å². The van der Waals surface area contributed by atoms with E-state index < -0.39 is 0 Å². The number of rotatable bonds is 0. The summed E-state index contributed by atoms with van der Waals surface area (Å²) in [6.07, 6.45) is 12.6. The molecule has 0 radical (unpaired) electrons. The number of hydrogen-bond donors (Lipinski definition) is 0. The van der Waals surface area contributed by atoms with Crippen LogP contribution in [0.3, 0.4) is 0 Å². The van der Waals surface area contributed by atoms with Crippen molar-refractivity contribution in [2.24, 2.45) is 11.8 Å². The first-order chi connectivity index (χ1) is 6.38. The Bertz CT molecular complexity index is 217. The molecule has 2 aliphatic rings. The van der Waals surface area contributed by atoms with Gasteiger partial charge in [-0.15, -0.1) is 0 Å². The summed E-state index contributed by atoms with van der Waals surface area (Å²) in [5.74, 6) is 1.50. The van der Waals surface area contributed by atoms with Gasteiger partial charge in [0, 0.05) is 12.3 Å². The van der Waals surface area contributed by atoms with Gasteiger partial charge in [0.25, 0.3) is 0 Å². The number of hydrogen-bond acceptors (Lipinski definition) is 1. The molecule has 0 aromatic heterocycles. The average molecular weight is 178 g/mol. The molecule has 0 unspecified atom stereocenters. The van der Waals surface area contributed by atoms with Crippen molar-refractivity contribution in [1.82, 2.24) is 0 Å². The molecule has 0 N–H and O–H groups in total. The summed E-state index contributed by atoms with van der Waals surface area (Å²) in [7, 11) is 0. The fourth-order valence-electron chi connectivity index (χ4n) is 2.63. The van der Waals surface area contributed by atoms with Crippen LogP contribution >= 0.6 is 0 Å². The van der Waals surface area contributed by atoms with Gasteiger partial charge in [-0.3, -0.25) is 4.79 Å². The van der Waals surface area contributed by atoms with Crippen LogP contribution in [0.15, 0.2) is 12.2 Å². The normalized spacial score (nSPS) is 34.9. The summed E-state index contributed by atoms with van der Waals surface area (Å²) < 4.78 is 0. The van der Waals surface area contributed by atoms with Gasteiger partial charge in [-0.25, -0.2) is 0 Å². The predicted molar refractivity (Wildman–Crippen MR) is 53.4 cm³/mol. The first-order valence-corrected chi connectivity index (χ1v) is 5.57. The minimum atomic E-state index is 0.380. The van der Waals surface area contributed by atoms with Crippen LogP contribution < -0.4 is 0 Å². The molecule has 13 heavy (non-hydrogen) atoms. The first kappa shape index (κ1) is 8.98. The molecule has 0 aliphatic heterocycles. The second-order valence-corrected chi connectivity index (χ2v) is 4.34. The van der Waals surface area contributed by atoms with E-state index in [0.29, 0.717) is 17.6 Å². The zero-order valence-corrected chi connectivity index (χ0v) is 8.17. The number of ketones is 1. The topological polar surface area (TPSA) is 17.1 Å². The van der Waals surface area contributed by atoms with E-state index in [1.165, 1.54) is 19.3 Å². The summed E-state index contributed by atoms with van der Waals surface area (Å²) >= 11 is 0. The number of carbonyl (C=O) groups excluding carboxylic acids is 1. The van der Waals surface area contributed by atoms with E-state index in [1.807, 2.05) is 0 Å². The van der Waals surface area contributed by atoms with Crippen LogP contribution in [0, 0.1) is 11.8 Å². The van der Waals surface area contributed by atoms with Crippen molar-refractivity contribution in [3.8, 4) is 0 Å². The summed E-state index contributed by atoms with van der Waals surface area (Å²) in [5, 5.41) is 0. The summed E-state index contributed by atoms with van der Waals surface area (Å²) in [6.45, 7) is 0. The smallest absolute Gasteiger partial charge is 0.136 e. The maximum atomic E-state index is 11.8. The maximum Gasteiger partial charge on any atom is 0.136 e.